The Kier molecular flexibility index (Phi) is 3.21. The van der Waals surface area contributed by atoms with E-state index in [1.807, 2.05) is 32.0 Å². The van der Waals surface area contributed by atoms with Crippen LogP contribution in [0.1, 0.15) is 11.1 Å². The molecule has 0 aromatic heterocycles. The van der Waals surface area contributed by atoms with Gasteiger partial charge in [-0.05, 0) is 37.1 Å². The molecule has 1 atom stereocenters. The van der Waals surface area contributed by atoms with Gasteiger partial charge in [-0.2, -0.15) is 0 Å². The number of benzene rings is 1. The Balaban J connectivity index is 2.31. The first-order valence-electron chi connectivity index (χ1n) is 5.37. The second-order valence-corrected chi connectivity index (χ2v) is 5.94. The zero-order valence-electron chi connectivity index (χ0n) is 10.0. The van der Waals surface area contributed by atoms with Crippen molar-refractivity contribution < 1.29 is 19.5 Å². The lowest BCUT2D eigenvalue weighted by atomic mass is 10.1. The largest absolute Gasteiger partial charge is 0.367 e. The van der Waals surface area contributed by atoms with Crippen molar-refractivity contribution in [1.29, 1.82) is 0 Å². The van der Waals surface area contributed by atoms with Crippen LogP contribution in [0.15, 0.2) is 29.7 Å². The van der Waals surface area contributed by atoms with Crippen molar-refractivity contribution in [3.63, 3.8) is 0 Å². The van der Waals surface area contributed by atoms with Crippen molar-refractivity contribution in [3.8, 4) is 0 Å². The van der Waals surface area contributed by atoms with E-state index in [-0.39, 0.29) is 5.31 Å². The van der Waals surface area contributed by atoms with E-state index in [1.165, 1.54) is 5.01 Å². The minimum atomic E-state index is -4.44. The number of anilines is 1. The summed E-state index contributed by atoms with van der Waals surface area (Å²) >= 11 is 0. The Labute approximate surface area is 105 Å². The molecule has 0 amide bonds. The normalized spacial score (nSPS) is 19.7. The van der Waals surface area contributed by atoms with Crippen LogP contribution in [0.25, 0.3) is 0 Å². The van der Waals surface area contributed by atoms with Crippen molar-refractivity contribution in [2.75, 3.05) is 5.01 Å². The molecule has 1 aromatic rings. The van der Waals surface area contributed by atoms with Crippen LogP contribution >= 0.6 is 7.60 Å². The van der Waals surface area contributed by atoms with Crippen LogP contribution in [-0.2, 0) is 4.57 Å². The van der Waals surface area contributed by atoms with Crippen LogP contribution in [-0.4, -0.2) is 21.1 Å². The molecular weight excluding hydrogens is 255 g/mol. The van der Waals surface area contributed by atoms with E-state index in [2.05, 4.69) is 5.43 Å². The minimum absolute atomic E-state index is 0.332. The lowest BCUT2D eigenvalue weighted by molar-refractivity contribution is 0.209. The molecule has 0 spiro atoms. The maximum absolute atomic E-state index is 11.2. The second kappa shape index (κ2) is 4.40. The van der Waals surface area contributed by atoms with Gasteiger partial charge >= 0.3 is 7.60 Å². The molecule has 1 aromatic carbocycles. The van der Waals surface area contributed by atoms with E-state index < -0.39 is 13.8 Å². The number of nitrogens with zero attached hydrogens (tertiary/aromatic N) is 1. The molecule has 1 aliphatic heterocycles. The number of aryl methyl sites for hydroxylation is 2. The number of nitrogens with one attached hydrogen (secondary N) is 1. The molecule has 0 bridgehead atoms. The monoisotopic (exact) mass is 270 g/mol. The molecule has 0 aliphatic carbocycles. The topological polar surface area (TPSA) is 93.0 Å². The number of rotatable bonds is 2. The van der Waals surface area contributed by atoms with Crippen molar-refractivity contribution >= 4 is 13.3 Å². The second-order valence-electron chi connectivity index (χ2n) is 4.33. The number of aliphatic hydroxyl groups is 1. The third-order valence-corrected chi connectivity index (χ3v) is 3.71. The lowest BCUT2D eigenvalue weighted by Crippen LogP contribution is -2.38. The fourth-order valence-electron chi connectivity index (χ4n) is 1.95. The van der Waals surface area contributed by atoms with Gasteiger partial charge in [-0.25, -0.2) is 0 Å². The zero-order chi connectivity index (χ0) is 13.5. The molecule has 6 nitrogen and oxygen atoms in total. The average molecular weight is 270 g/mol. The van der Waals surface area contributed by atoms with Crippen molar-refractivity contribution in [3.05, 3.63) is 40.8 Å². The first kappa shape index (κ1) is 13.1. The summed E-state index contributed by atoms with van der Waals surface area (Å²) in [5, 5.41) is 10.9. The van der Waals surface area contributed by atoms with Crippen LogP contribution in [0.2, 0.25) is 0 Å². The smallest absolute Gasteiger partial charge is 0.358 e. The molecule has 2 rings (SSSR count). The quantitative estimate of drug-likeness (QED) is 0.598. The molecule has 4 N–H and O–H groups in total. The fourth-order valence-corrected chi connectivity index (χ4v) is 2.60. The van der Waals surface area contributed by atoms with Gasteiger partial charge in [0, 0.05) is 6.20 Å². The lowest BCUT2D eigenvalue weighted by Gasteiger charge is -2.25. The molecule has 1 heterocycles. The van der Waals surface area contributed by atoms with Crippen LogP contribution < -0.4 is 10.4 Å². The SMILES string of the molecule is Cc1cc(C)cc(N2NC=C(P(=O)(O)O)C2O)c1. The molecular formula is C11H15N2O4P. The van der Waals surface area contributed by atoms with E-state index >= 15 is 0 Å². The summed E-state index contributed by atoms with van der Waals surface area (Å²) in [7, 11) is -4.44. The zero-order valence-corrected chi connectivity index (χ0v) is 10.9. The Hall–Kier alpha value is -1.33. The van der Waals surface area contributed by atoms with Crippen molar-refractivity contribution in [1.82, 2.24) is 5.43 Å². The summed E-state index contributed by atoms with van der Waals surface area (Å²) in [4.78, 5) is 18.2. The predicted molar refractivity (Wildman–Crippen MR) is 67.7 cm³/mol. The summed E-state index contributed by atoms with van der Waals surface area (Å²) in [6.07, 6.45) is -0.227. The maximum atomic E-state index is 11.2. The Morgan fingerprint density at radius 2 is 1.78 bits per heavy atom. The highest BCUT2D eigenvalue weighted by molar-refractivity contribution is 7.56. The molecule has 0 saturated carbocycles. The maximum Gasteiger partial charge on any atom is 0.358 e. The van der Waals surface area contributed by atoms with Gasteiger partial charge in [0.25, 0.3) is 0 Å². The molecule has 98 valence electrons. The Morgan fingerprint density at radius 3 is 2.22 bits per heavy atom. The summed E-state index contributed by atoms with van der Waals surface area (Å²) in [5.41, 5.74) is 5.32. The molecule has 1 aliphatic rings. The van der Waals surface area contributed by atoms with Crippen LogP contribution in [0.4, 0.5) is 5.69 Å². The predicted octanol–water partition coefficient (Wildman–Crippen LogP) is 0.966. The summed E-state index contributed by atoms with van der Waals surface area (Å²) in [6, 6.07) is 5.61. The standard InChI is InChI=1S/C11H15N2O4P/c1-7-3-8(2)5-9(4-7)13-11(14)10(6-12-13)18(15,16)17/h3-6,11-12,14H,1-2H3,(H2,15,16,17). The van der Waals surface area contributed by atoms with Gasteiger partial charge < -0.3 is 20.3 Å². The van der Waals surface area contributed by atoms with Gasteiger partial charge in [-0.1, -0.05) is 6.07 Å². The molecule has 1 unspecified atom stereocenters. The molecule has 0 fully saturated rings. The van der Waals surface area contributed by atoms with Gasteiger partial charge in [0.15, 0.2) is 6.23 Å². The highest BCUT2D eigenvalue weighted by Gasteiger charge is 2.36. The summed E-state index contributed by atoms with van der Waals surface area (Å²) in [5.74, 6) is 0. The molecule has 7 heteroatoms. The third kappa shape index (κ3) is 2.42. The number of hydrogen-bond donors (Lipinski definition) is 4. The first-order valence-corrected chi connectivity index (χ1v) is 6.98. The van der Waals surface area contributed by atoms with E-state index in [9.17, 15) is 9.67 Å². The van der Waals surface area contributed by atoms with E-state index in [1.54, 1.807) is 0 Å². The highest BCUT2D eigenvalue weighted by Crippen LogP contribution is 2.48. The summed E-state index contributed by atoms with van der Waals surface area (Å²) < 4.78 is 11.2. The molecule has 0 saturated heterocycles. The minimum Gasteiger partial charge on any atom is -0.367 e. The fraction of sp³-hybridized carbons (Fsp3) is 0.273. The van der Waals surface area contributed by atoms with Crippen molar-refractivity contribution in [2.24, 2.45) is 0 Å². The Bertz CT molecular complexity index is 532. The molecule has 0 radical (unpaired) electrons. The van der Waals surface area contributed by atoms with E-state index in [0.717, 1.165) is 17.3 Å². The number of aliphatic hydroxyl groups excluding tert-OH is 1. The van der Waals surface area contributed by atoms with E-state index in [0.29, 0.717) is 5.69 Å². The van der Waals surface area contributed by atoms with Gasteiger partial charge in [-0.15, -0.1) is 0 Å². The Morgan fingerprint density at radius 1 is 1.22 bits per heavy atom. The van der Waals surface area contributed by atoms with Crippen LogP contribution in [0.5, 0.6) is 0 Å². The van der Waals surface area contributed by atoms with Gasteiger partial charge in [0.2, 0.25) is 0 Å². The first-order chi connectivity index (χ1) is 8.29. The molecule has 18 heavy (non-hydrogen) atoms. The van der Waals surface area contributed by atoms with Crippen LogP contribution in [0.3, 0.4) is 0 Å². The van der Waals surface area contributed by atoms with Crippen molar-refractivity contribution in [2.45, 2.75) is 20.1 Å². The number of hydrazine groups is 1. The van der Waals surface area contributed by atoms with Gasteiger partial charge in [0.1, 0.15) is 5.31 Å². The number of hydrogen-bond acceptors (Lipinski definition) is 4. The summed E-state index contributed by atoms with van der Waals surface area (Å²) in [6.45, 7) is 3.83. The highest BCUT2D eigenvalue weighted by atomic mass is 31.2. The van der Waals surface area contributed by atoms with Gasteiger partial charge in [-0.3, -0.25) is 9.57 Å². The van der Waals surface area contributed by atoms with Crippen LogP contribution in [0, 0.1) is 13.8 Å². The van der Waals surface area contributed by atoms with Gasteiger partial charge in [0.05, 0.1) is 5.69 Å². The van der Waals surface area contributed by atoms with E-state index in [4.69, 9.17) is 9.79 Å². The average Bonchev–Trinajstić information content (AvgIpc) is 2.57. The third-order valence-electron chi connectivity index (χ3n) is 2.68.